The molecule has 0 aromatic heterocycles. The number of nitro groups is 1. The summed E-state index contributed by atoms with van der Waals surface area (Å²) in [5.41, 5.74) is 0.719. The lowest BCUT2D eigenvalue weighted by atomic mass is 10.2. The average molecular weight is 243 g/mol. The van der Waals surface area contributed by atoms with Crippen LogP contribution in [0.1, 0.15) is 5.56 Å². The Hall–Kier alpha value is -1.11. The van der Waals surface area contributed by atoms with Gasteiger partial charge in [-0.25, -0.2) is 0 Å². The Bertz CT molecular complexity index is 358. The van der Waals surface area contributed by atoms with Crippen molar-refractivity contribution in [1.82, 2.24) is 0 Å². The third-order valence-electron chi connectivity index (χ3n) is 1.97. The summed E-state index contributed by atoms with van der Waals surface area (Å²) in [5, 5.41) is 28.4. The zero-order chi connectivity index (χ0) is 12.0. The Labute approximate surface area is 97.3 Å². The molecule has 1 atom stereocenters. The maximum Gasteiger partial charge on any atom is 0.273 e. The van der Waals surface area contributed by atoms with Crippen LogP contribution in [-0.2, 0) is 5.75 Å². The Morgan fingerprint density at radius 3 is 2.75 bits per heavy atom. The SMILES string of the molecule is O=[N+]([O-])c1ccccc1CSC[C@@H](O)CO. The van der Waals surface area contributed by atoms with E-state index in [0.29, 0.717) is 17.1 Å². The Balaban J connectivity index is 2.56. The van der Waals surface area contributed by atoms with Crippen LogP contribution in [0.2, 0.25) is 0 Å². The highest BCUT2D eigenvalue weighted by Gasteiger charge is 2.12. The lowest BCUT2D eigenvalue weighted by Crippen LogP contribution is -2.14. The number of rotatable bonds is 6. The van der Waals surface area contributed by atoms with Gasteiger partial charge in [0.2, 0.25) is 0 Å². The van der Waals surface area contributed by atoms with Gasteiger partial charge < -0.3 is 10.2 Å². The zero-order valence-corrected chi connectivity index (χ0v) is 9.39. The number of para-hydroxylation sites is 1. The molecule has 0 bridgehead atoms. The smallest absolute Gasteiger partial charge is 0.273 e. The first-order chi connectivity index (χ1) is 7.65. The fourth-order valence-corrected chi connectivity index (χ4v) is 2.13. The summed E-state index contributed by atoms with van der Waals surface area (Å²) in [6, 6.07) is 6.51. The van der Waals surface area contributed by atoms with Crippen LogP contribution in [-0.4, -0.2) is 33.6 Å². The summed E-state index contributed by atoms with van der Waals surface area (Å²) in [4.78, 5) is 10.3. The monoisotopic (exact) mass is 243 g/mol. The van der Waals surface area contributed by atoms with Crippen molar-refractivity contribution in [2.24, 2.45) is 0 Å². The van der Waals surface area contributed by atoms with E-state index in [0.717, 1.165) is 0 Å². The second-order valence-electron chi connectivity index (χ2n) is 3.24. The average Bonchev–Trinajstić information content (AvgIpc) is 2.29. The molecule has 0 aliphatic carbocycles. The van der Waals surface area contributed by atoms with Crippen LogP contribution in [0.25, 0.3) is 0 Å². The Morgan fingerprint density at radius 1 is 1.44 bits per heavy atom. The Kier molecular flexibility index (Phi) is 5.24. The van der Waals surface area contributed by atoms with Gasteiger partial charge in [-0.05, 0) is 0 Å². The van der Waals surface area contributed by atoms with E-state index < -0.39 is 11.0 Å². The number of benzene rings is 1. The third kappa shape index (κ3) is 3.80. The first kappa shape index (κ1) is 13.0. The minimum atomic E-state index is -0.771. The minimum Gasteiger partial charge on any atom is -0.394 e. The van der Waals surface area contributed by atoms with Crippen LogP contribution in [0.4, 0.5) is 5.69 Å². The van der Waals surface area contributed by atoms with Crippen LogP contribution >= 0.6 is 11.8 Å². The van der Waals surface area contributed by atoms with Crippen LogP contribution in [0.5, 0.6) is 0 Å². The van der Waals surface area contributed by atoms with Gasteiger partial charge in [-0.3, -0.25) is 10.1 Å². The van der Waals surface area contributed by atoms with Crippen LogP contribution in [0, 0.1) is 10.1 Å². The molecule has 0 amide bonds. The third-order valence-corrected chi connectivity index (χ3v) is 3.10. The molecule has 6 heteroatoms. The van der Waals surface area contributed by atoms with Gasteiger partial charge in [-0.2, -0.15) is 11.8 Å². The molecule has 88 valence electrons. The van der Waals surface area contributed by atoms with Crippen LogP contribution in [0.15, 0.2) is 24.3 Å². The van der Waals surface area contributed by atoms with Crippen molar-refractivity contribution in [3.63, 3.8) is 0 Å². The molecule has 1 aromatic carbocycles. The second-order valence-corrected chi connectivity index (χ2v) is 4.27. The van der Waals surface area contributed by atoms with E-state index in [9.17, 15) is 10.1 Å². The van der Waals surface area contributed by atoms with Crippen molar-refractivity contribution in [3.05, 3.63) is 39.9 Å². The number of thioether (sulfide) groups is 1. The number of nitrogens with zero attached hydrogens (tertiary/aromatic N) is 1. The zero-order valence-electron chi connectivity index (χ0n) is 8.57. The molecule has 0 saturated heterocycles. The molecular weight excluding hydrogens is 230 g/mol. The molecule has 0 aliphatic heterocycles. The van der Waals surface area contributed by atoms with E-state index in [1.165, 1.54) is 17.8 Å². The van der Waals surface area contributed by atoms with Gasteiger partial charge in [0.05, 0.1) is 17.6 Å². The van der Waals surface area contributed by atoms with Crippen LogP contribution < -0.4 is 0 Å². The lowest BCUT2D eigenvalue weighted by molar-refractivity contribution is -0.385. The maximum absolute atomic E-state index is 10.7. The van der Waals surface area contributed by atoms with Crippen molar-refractivity contribution in [2.75, 3.05) is 12.4 Å². The fraction of sp³-hybridized carbons (Fsp3) is 0.400. The quantitative estimate of drug-likeness (QED) is 0.579. The molecule has 0 spiro atoms. The number of hydrogen-bond acceptors (Lipinski definition) is 5. The van der Waals surface area contributed by atoms with Gasteiger partial charge in [-0.1, -0.05) is 18.2 Å². The molecule has 16 heavy (non-hydrogen) atoms. The predicted octanol–water partition coefficient (Wildman–Crippen LogP) is 1.18. The minimum absolute atomic E-state index is 0.0912. The topological polar surface area (TPSA) is 83.6 Å². The van der Waals surface area contributed by atoms with Crippen molar-refractivity contribution < 1.29 is 15.1 Å². The first-order valence-corrected chi connectivity index (χ1v) is 5.89. The van der Waals surface area contributed by atoms with Gasteiger partial charge in [-0.15, -0.1) is 0 Å². The summed E-state index contributed by atoms with van der Waals surface area (Å²) in [6.07, 6.45) is -0.771. The molecule has 0 fully saturated rings. The molecular formula is C10H13NO4S. The summed E-state index contributed by atoms with van der Waals surface area (Å²) in [6.45, 7) is -0.288. The second kappa shape index (κ2) is 6.47. The molecule has 2 N–H and O–H groups in total. The molecule has 0 aliphatic rings. The van der Waals surface area contributed by atoms with E-state index in [4.69, 9.17) is 10.2 Å². The predicted molar refractivity (Wildman–Crippen MR) is 62.4 cm³/mol. The molecule has 5 nitrogen and oxygen atoms in total. The summed E-state index contributed by atoms with van der Waals surface area (Å²) < 4.78 is 0. The number of aliphatic hydroxyl groups excluding tert-OH is 2. The van der Waals surface area contributed by atoms with E-state index in [2.05, 4.69) is 0 Å². The highest BCUT2D eigenvalue weighted by atomic mass is 32.2. The highest BCUT2D eigenvalue weighted by Crippen LogP contribution is 2.22. The van der Waals surface area contributed by atoms with Gasteiger partial charge in [0.25, 0.3) is 5.69 Å². The molecule has 1 aromatic rings. The molecule has 0 radical (unpaired) electrons. The molecule has 0 saturated carbocycles. The maximum atomic E-state index is 10.7. The summed E-state index contributed by atoms with van der Waals surface area (Å²) in [5.74, 6) is 0.816. The van der Waals surface area contributed by atoms with Gasteiger partial charge in [0.1, 0.15) is 0 Å². The van der Waals surface area contributed by atoms with E-state index in [1.54, 1.807) is 18.2 Å². The largest absolute Gasteiger partial charge is 0.394 e. The fourth-order valence-electron chi connectivity index (χ4n) is 1.17. The molecule has 0 heterocycles. The van der Waals surface area contributed by atoms with Gasteiger partial charge in [0.15, 0.2) is 0 Å². The summed E-state index contributed by atoms with van der Waals surface area (Å²) >= 11 is 1.36. The van der Waals surface area contributed by atoms with E-state index >= 15 is 0 Å². The van der Waals surface area contributed by atoms with Gasteiger partial charge in [0, 0.05) is 23.1 Å². The number of nitro benzene ring substituents is 1. The Morgan fingerprint density at radius 2 is 2.12 bits per heavy atom. The standard InChI is InChI=1S/C10H13NO4S/c12-5-9(13)7-16-6-8-3-1-2-4-10(8)11(14)15/h1-4,9,12-13H,5-7H2/t9-/m0/s1. The number of hydrogen-bond donors (Lipinski definition) is 2. The van der Waals surface area contributed by atoms with Crippen molar-refractivity contribution in [2.45, 2.75) is 11.9 Å². The molecule has 1 rings (SSSR count). The highest BCUT2D eigenvalue weighted by molar-refractivity contribution is 7.98. The number of aliphatic hydroxyl groups is 2. The van der Waals surface area contributed by atoms with Crippen molar-refractivity contribution in [1.29, 1.82) is 0 Å². The van der Waals surface area contributed by atoms with Crippen molar-refractivity contribution >= 4 is 17.4 Å². The normalized spacial score (nSPS) is 12.4. The van der Waals surface area contributed by atoms with Crippen LogP contribution in [0.3, 0.4) is 0 Å². The molecule has 0 unspecified atom stereocenters. The van der Waals surface area contributed by atoms with E-state index in [-0.39, 0.29) is 12.3 Å². The lowest BCUT2D eigenvalue weighted by Gasteiger charge is -2.06. The van der Waals surface area contributed by atoms with Gasteiger partial charge >= 0.3 is 0 Å². The van der Waals surface area contributed by atoms with E-state index in [1.807, 2.05) is 0 Å². The summed E-state index contributed by atoms with van der Waals surface area (Å²) in [7, 11) is 0. The first-order valence-electron chi connectivity index (χ1n) is 4.74. The van der Waals surface area contributed by atoms with Crippen molar-refractivity contribution in [3.8, 4) is 0 Å².